The summed E-state index contributed by atoms with van der Waals surface area (Å²) in [5, 5.41) is 11.1. The number of esters is 1. The lowest BCUT2D eigenvalue weighted by atomic mass is 9.88. The van der Waals surface area contributed by atoms with Gasteiger partial charge in [0.05, 0.1) is 18.6 Å². The van der Waals surface area contributed by atoms with Gasteiger partial charge in [0.15, 0.2) is 12.4 Å². The molecule has 9 heteroatoms. The summed E-state index contributed by atoms with van der Waals surface area (Å²) in [6.45, 7) is 0.889. The van der Waals surface area contributed by atoms with Gasteiger partial charge in [-0.15, -0.1) is 0 Å². The topological polar surface area (TPSA) is 113 Å². The second kappa shape index (κ2) is 8.94. The molecule has 0 spiro atoms. The van der Waals surface area contributed by atoms with E-state index in [1.54, 1.807) is 6.92 Å². The summed E-state index contributed by atoms with van der Waals surface area (Å²) in [5.41, 5.74) is 0.255. The van der Waals surface area contributed by atoms with E-state index >= 15 is 0 Å². The van der Waals surface area contributed by atoms with E-state index in [-0.39, 0.29) is 41.7 Å². The lowest BCUT2D eigenvalue weighted by Crippen LogP contribution is -2.28. The maximum Gasteiger partial charge on any atom is 0.306 e. The van der Waals surface area contributed by atoms with Gasteiger partial charge in [-0.3, -0.25) is 24.5 Å². The molecule has 146 valence electrons. The van der Waals surface area contributed by atoms with E-state index in [1.807, 2.05) is 0 Å². The molecule has 1 fully saturated rings. The van der Waals surface area contributed by atoms with Gasteiger partial charge in [-0.1, -0.05) is 18.5 Å². The predicted octanol–water partition coefficient (Wildman–Crippen LogP) is 2.58. The van der Waals surface area contributed by atoms with Crippen LogP contribution in [0.1, 0.15) is 30.1 Å². The highest BCUT2D eigenvalue weighted by Gasteiger charge is 2.44. The molecule has 3 atom stereocenters. The highest BCUT2D eigenvalue weighted by molar-refractivity contribution is 6.32. The first-order valence-electron chi connectivity index (χ1n) is 8.39. The molecule has 8 nitrogen and oxygen atoms in total. The highest BCUT2D eigenvalue weighted by atomic mass is 35.5. The lowest BCUT2D eigenvalue weighted by molar-refractivity contribution is -0.490. The number of benzene rings is 1. The average Bonchev–Trinajstić information content (AvgIpc) is 2.86. The average molecular weight is 398 g/mol. The summed E-state index contributed by atoms with van der Waals surface area (Å²) in [6.07, 6.45) is -0.0575. The maximum atomic E-state index is 12.1. The molecule has 0 bridgehead atoms. The molecule has 27 heavy (non-hydrogen) atoms. The van der Waals surface area contributed by atoms with Crippen LogP contribution in [0.15, 0.2) is 18.2 Å². The first kappa shape index (κ1) is 20.8. The van der Waals surface area contributed by atoms with Crippen LogP contribution in [0.5, 0.6) is 5.75 Å². The van der Waals surface area contributed by atoms with E-state index in [0.29, 0.717) is 5.75 Å². The van der Waals surface area contributed by atoms with Crippen LogP contribution < -0.4 is 4.74 Å². The molecule has 1 aromatic carbocycles. The maximum absolute atomic E-state index is 12.1. The summed E-state index contributed by atoms with van der Waals surface area (Å²) in [7, 11) is 1.45. The van der Waals surface area contributed by atoms with Gasteiger partial charge < -0.3 is 9.47 Å². The standard InChI is InChI=1S/C18H20ClNO7/c1-10-5-15(21)12(13(10)8-20(24)25)7-18(23)27-9-16(22)11-3-4-17(26-2)14(19)6-11/h3-4,6,10,12-13H,5,7-9H2,1-2H3/t10-,12+,13+/m0/s1. The Labute approximate surface area is 160 Å². The molecule has 0 radical (unpaired) electrons. The summed E-state index contributed by atoms with van der Waals surface area (Å²) in [5.74, 6) is -2.37. The van der Waals surface area contributed by atoms with Crippen LogP contribution in [0.25, 0.3) is 0 Å². The molecule has 0 N–H and O–H groups in total. The number of nitrogens with zero attached hydrogens (tertiary/aromatic N) is 1. The molecular formula is C18H20ClNO7. The molecule has 2 rings (SSSR count). The third-order valence-corrected chi connectivity index (χ3v) is 5.06. The molecule has 1 aliphatic rings. The number of carbonyl (C=O) groups is 3. The van der Waals surface area contributed by atoms with Crippen LogP contribution >= 0.6 is 11.6 Å². The minimum atomic E-state index is -0.747. The lowest BCUT2D eigenvalue weighted by Gasteiger charge is -2.17. The number of nitro groups is 1. The molecule has 0 amide bonds. The van der Waals surface area contributed by atoms with Gasteiger partial charge in [0.25, 0.3) is 0 Å². The third-order valence-electron chi connectivity index (χ3n) is 4.77. The largest absolute Gasteiger partial charge is 0.495 e. The zero-order valence-corrected chi connectivity index (χ0v) is 15.7. The molecule has 0 aromatic heterocycles. The van der Waals surface area contributed by atoms with E-state index < -0.39 is 35.1 Å². The van der Waals surface area contributed by atoms with E-state index in [2.05, 4.69) is 0 Å². The number of hydrogen-bond acceptors (Lipinski definition) is 7. The first-order valence-corrected chi connectivity index (χ1v) is 8.77. The van der Waals surface area contributed by atoms with Crippen molar-refractivity contribution >= 4 is 29.1 Å². The Morgan fingerprint density at radius 3 is 2.67 bits per heavy atom. The number of carbonyl (C=O) groups excluding carboxylic acids is 3. The fraction of sp³-hybridized carbons (Fsp3) is 0.500. The van der Waals surface area contributed by atoms with Crippen LogP contribution in [0.2, 0.25) is 5.02 Å². The number of ether oxygens (including phenoxy) is 2. The number of Topliss-reactive ketones (excluding diaryl/α,β-unsaturated/α-hetero) is 2. The van der Waals surface area contributed by atoms with Crippen molar-refractivity contribution in [1.29, 1.82) is 0 Å². The monoisotopic (exact) mass is 397 g/mol. The molecule has 0 saturated heterocycles. The summed E-state index contributed by atoms with van der Waals surface area (Å²) >= 11 is 5.96. The Morgan fingerprint density at radius 1 is 1.37 bits per heavy atom. The van der Waals surface area contributed by atoms with E-state index in [4.69, 9.17) is 21.1 Å². The quantitative estimate of drug-likeness (QED) is 0.286. The smallest absolute Gasteiger partial charge is 0.306 e. The van der Waals surface area contributed by atoms with E-state index in [1.165, 1.54) is 25.3 Å². The van der Waals surface area contributed by atoms with Crippen LogP contribution in [-0.4, -0.2) is 42.7 Å². The molecule has 1 aromatic rings. The van der Waals surface area contributed by atoms with Gasteiger partial charge in [0.1, 0.15) is 11.5 Å². The van der Waals surface area contributed by atoms with Gasteiger partial charge in [0.2, 0.25) is 6.54 Å². The predicted molar refractivity (Wildman–Crippen MR) is 95.5 cm³/mol. The van der Waals surface area contributed by atoms with Crippen LogP contribution in [0.4, 0.5) is 0 Å². The van der Waals surface area contributed by atoms with Crippen molar-refractivity contribution < 1.29 is 28.8 Å². The van der Waals surface area contributed by atoms with Crippen molar-refractivity contribution in [2.75, 3.05) is 20.3 Å². The second-order valence-corrected chi connectivity index (χ2v) is 6.98. The van der Waals surface area contributed by atoms with Crippen molar-refractivity contribution in [3.05, 3.63) is 38.9 Å². The molecule has 0 heterocycles. The van der Waals surface area contributed by atoms with Gasteiger partial charge in [-0.2, -0.15) is 0 Å². The zero-order chi connectivity index (χ0) is 20.1. The Balaban J connectivity index is 1.93. The fourth-order valence-electron chi connectivity index (χ4n) is 3.31. The van der Waals surface area contributed by atoms with Gasteiger partial charge in [-0.25, -0.2) is 0 Å². The SMILES string of the molecule is COc1ccc(C(=O)COC(=O)C[C@H]2C(=O)C[C@H](C)[C@H]2C[N+](=O)[O-])cc1Cl. The Kier molecular flexibility index (Phi) is 6.90. The summed E-state index contributed by atoms with van der Waals surface area (Å²) < 4.78 is 9.97. The van der Waals surface area contributed by atoms with Crippen LogP contribution in [0, 0.1) is 27.9 Å². The summed E-state index contributed by atoms with van der Waals surface area (Å²) in [6, 6.07) is 4.43. The number of ketones is 2. The summed E-state index contributed by atoms with van der Waals surface area (Å²) in [4.78, 5) is 46.5. The van der Waals surface area contributed by atoms with Gasteiger partial charge in [0, 0.05) is 28.7 Å². The third kappa shape index (κ3) is 5.26. The molecular weight excluding hydrogens is 378 g/mol. The van der Waals surface area contributed by atoms with E-state index in [9.17, 15) is 24.5 Å². The minimum Gasteiger partial charge on any atom is -0.495 e. The van der Waals surface area contributed by atoms with Crippen molar-refractivity contribution in [3.8, 4) is 5.75 Å². The van der Waals surface area contributed by atoms with Crippen molar-refractivity contribution in [1.82, 2.24) is 0 Å². The number of halogens is 1. The molecule has 0 aliphatic heterocycles. The molecule has 0 unspecified atom stereocenters. The Hall–Kier alpha value is -2.48. The zero-order valence-electron chi connectivity index (χ0n) is 15.0. The number of rotatable bonds is 8. The van der Waals surface area contributed by atoms with Crippen LogP contribution in [0.3, 0.4) is 0 Å². The Bertz CT molecular complexity index is 764. The highest BCUT2D eigenvalue weighted by Crippen LogP contribution is 2.36. The Morgan fingerprint density at radius 2 is 2.07 bits per heavy atom. The second-order valence-electron chi connectivity index (χ2n) is 6.57. The molecule has 1 aliphatic carbocycles. The normalized spacial score (nSPS) is 21.7. The van der Waals surface area contributed by atoms with Crippen molar-refractivity contribution in [3.63, 3.8) is 0 Å². The van der Waals surface area contributed by atoms with Gasteiger partial charge in [-0.05, 0) is 24.1 Å². The number of hydrogen-bond donors (Lipinski definition) is 0. The van der Waals surface area contributed by atoms with Crippen LogP contribution in [-0.2, 0) is 14.3 Å². The molecule has 1 saturated carbocycles. The van der Waals surface area contributed by atoms with Gasteiger partial charge >= 0.3 is 5.97 Å². The number of methoxy groups -OCH3 is 1. The first-order chi connectivity index (χ1) is 12.7. The van der Waals surface area contributed by atoms with E-state index in [0.717, 1.165) is 0 Å². The minimum absolute atomic E-state index is 0.163. The fourth-order valence-corrected chi connectivity index (χ4v) is 3.57. The van der Waals surface area contributed by atoms with Crippen molar-refractivity contribution in [2.45, 2.75) is 19.8 Å². The van der Waals surface area contributed by atoms with Crippen molar-refractivity contribution in [2.24, 2.45) is 17.8 Å².